The minimum Gasteiger partial charge on any atom is -0.481 e. The van der Waals surface area contributed by atoms with E-state index >= 15 is 0 Å². The molecule has 0 amide bonds. The molecular formula is C9H9F2NO4S. The van der Waals surface area contributed by atoms with Gasteiger partial charge in [0.1, 0.15) is 16.5 Å². The van der Waals surface area contributed by atoms with Crippen molar-refractivity contribution in [3.05, 3.63) is 29.8 Å². The van der Waals surface area contributed by atoms with E-state index < -0.39 is 45.5 Å². The molecule has 0 aromatic heterocycles. The van der Waals surface area contributed by atoms with Crippen LogP contribution in [0.1, 0.15) is 6.42 Å². The van der Waals surface area contributed by atoms with Crippen LogP contribution in [0, 0.1) is 11.6 Å². The van der Waals surface area contributed by atoms with Crippen LogP contribution in [-0.2, 0) is 14.8 Å². The number of nitrogens with one attached hydrogen (secondary N) is 1. The van der Waals surface area contributed by atoms with Crippen LogP contribution in [-0.4, -0.2) is 26.0 Å². The highest BCUT2D eigenvalue weighted by atomic mass is 32.2. The first-order chi connectivity index (χ1) is 7.83. The van der Waals surface area contributed by atoms with Crippen LogP contribution in [0.3, 0.4) is 0 Å². The second-order valence-electron chi connectivity index (χ2n) is 3.12. The van der Waals surface area contributed by atoms with Gasteiger partial charge < -0.3 is 5.11 Å². The summed E-state index contributed by atoms with van der Waals surface area (Å²) in [6.07, 6.45) is -0.448. The van der Waals surface area contributed by atoms with Crippen molar-refractivity contribution in [2.24, 2.45) is 0 Å². The molecule has 0 unspecified atom stereocenters. The van der Waals surface area contributed by atoms with Gasteiger partial charge in [-0.2, -0.15) is 0 Å². The van der Waals surface area contributed by atoms with Gasteiger partial charge in [0.15, 0.2) is 0 Å². The predicted molar refractivity (Wildman–Crippen MR) is 53.8 cm³/mol. The van der Waals surface area contributed by atoms with E-state index in [0.29, 0.717) is 12.1 Å². The van der Waals surface area contributed by atoms with Crippen molar-refractivity contribution in [3.8, 4) is 0 Å². The van der Waals surface area contributed by atoms with E-state index in [1.54, 1.807) is 0 Å². The van der Waals surface area contributed by atoms with E-state index in [2.05, 4.69) is 0 Å². The van der Waals surface area contributed by atoms with Crippen molar-refractivity contribution >= 4 is 16.0 Å². The van der Waals surface area contributed by atoms with Crippen LogP contribution >= 0.6 is 0 Å². The highest BCUT2D eigenvalue weighted by Gasteiger charge is 2.19. The lowest BCUT2D eigenvalue weighted by molar-refractivity contribution is -0.136. The van der Waals surface area contributed by atoms with Gasteiger partial charge in [-0.25, -0.2) is 21.9 Å². The van der Waals surface area contributed by atoms with Crippen LogP contribution in [0.25, 0.3) is 0 Å². The first-order valence-electron chi connectivity index (χ1n) is 4.49. The molecule has 0 heterocycles. The highest BCUT2D eigenvalue weighted by Crippen LogP contribution is 2.15. The van der Waals surface area contributed by atoms with Gasteiger partial charge >= 0.3 is 5.97 Å². The first-order valence-corrected chi connectivity index (χ1v) is 5.98. The quantitative estimate of drug-likeness (QED) is 0.821. The lowest BCUT2D eigenvalue weighted by atomic mass is 10.3. The molecule has 8 heteroatoms. The summed E-state index contributed by atoms with van der Waals surface area (Å²) in [5.41, 5.74) is 0. The molecule has 0 aliphatic carbocycles. The summed E-state index contributed by atoms with van der Waals surface area (Å²) in [5.74, 6) is -3.20. The molecule has 0 fully saturated rings. The fourth-order valence-corrected chi connectivity index (χ4v) is 2.17. The summed E-state index contributed by atoms with van der Waals surface area (Å²) >= 11 is 0. The van der Waals surface area contributed by atoms with Gasteiger partial charge in [0.25, 0.3) is 0 Å². The van der Waals surface area contributed by atoms with E-state index in [1.807, 2.05) is 4.72 Å². The van der Waals surface area contributed by atoms with Gasteiger partial charge in [0.2, 0.25) is 10.0 Å². The average Bonchev–Trinajstić information content (AvgIpc) is 2.20. The molecule has 1 aromatic carbocycles. The zero-order valence-corrected chi connectivity index (χ0v) is 9.30. The summed E-state index contributed by atoms with van der Waals surface area (Å²) in [5, 5.41) is 8.31. The summed E-state index contributed by atoms with van der Waals surface area (Å²) in [4.78, 5) is 9.33. The van der Waals surface area contributed by atoms with Gasteiger partial charge in [-0.15, -0.1) is 0 Å². The van der Waals surface area contributed by atoms with E-state index in [0.717, 1.165) is 6.07 Å². The number of aliphatic carboxylic acids is 1. The number of rotatable bonds is 5. The molecule has 0 spiro atoms. The Kier molecular flexibility index (Phi) is 4.13. The average molecular weight is 265 g/mol. The number of carboxylic acids is 1. The topological polar surface area (TPSA) is 83.5 Å². The third-order valence-electron chi connectivity index (χ3n) is 1.81. The molecule has 0 bridgehead atoms. The van der Waals surface area contributed by atoms with Crippen LogP contribution in [0.5, 0.6) is 0 Å². The molecule has 0 aliphatic rings. The minimum absolute atomic E-state index is 0.395. The Morgan fingerprint density at radius 1 is 1.35 bits per heavy atom. The molecule has 0 saturated heterocycles. The van der Waals surface area contributed by atoms with Crippen molar-refractivity contribution < 1.29 is 27.1 Å². The van der Waals surface area contributed by atoms with E-state index in [1.165, 1.54) is 0 Å². The Balaban J connectivity index is 2.89. The van der Waals surface area contributed by atoms with Crippen molar-refractivity contribution in [3.63, 3.8) is 0 Å². The van der Waals surface area contributed by atoms with Crippen molar-refractivity contribution in [1.29, 1.82) is 0 Å². The summed E-state index contributed by atoms with van der Waals surface area (Å²) < 4.78 is 50.7. The predicted octanol–water partition coefficient (Wildman–Crippen LogP) is 0.718. The summed E-state index contributed by atoms with van der Waals surface area (Å²) in [6, 6.07) is 1.99. The number of sulfonamides is 1. The number of carbonyl (C=O) groups is 1. The molecule has 17 heavy (non-hydrogen) atoms. The normalized spacial score (nSPS) is 11.4. The van der Waals surface area contributed by atoms with Crippen LogP contribution < -0.4 is 4.72 Å². The molecule has 0 atom stereocenters. The zero-order valence-electron chi connectivity index (χ0n) is 8.48. The molecule has 5 nitrogen and oxygen atoms in total. The molecule has 0 saturated carbocycles. The fraction of sp³-hybridized carbons (Fsp3) is 0.222. The Bertz CT molecular complexity index is 530. The van der Waals surface area contributed by atoms with Crippen LogP contribution in [0.2, 0.25) is 0 Å². The number of benzene rings is 1. The van der Waals surface area contributed by atoms with Crippen LogP contribution in [0.15, 0.2) is 23.1 Å². The maximum Gasteiger partial charge on any atom is 0.304 e. The highest BCUT2D eigenvalue weighted by molar-refractivity contribution is 7.89. The number of halogens is 2. The van der Waals surface area contributed by atoms with E-state index in [-0.39, 0.29) is 0 Å². The SMILES string of the molecule is O=C(O)CCNS(=O)(=O)c1cc(F)ccc1F. The van der Waals surface area contributed by atoms with Gasteiger partial charge in [-0.1, -0.05) is 0 Å². The lowest BCUT2D eigenvalue weighted by Gasteiger charge is -2.06. The van der Waals surface area contributed by atoms with E-state index in [4.69, 9.17) is 5.11 Å². The zero-order chi connectivity index (χ0) is 13.1. The Morgan fingerprint density at radius 3 is 2.59 bits per heavy atom. The Hall–Kier alpha value is -1.54. The minimum atomic E-state index is -4.24. The summed E-state index contributed by atoms with van der Waals surface area (Å²) in [7, 11) is -4.24. The fourth-order valence-electron chi connectivity index (χ4n) is 1.05. The molecule has 0 aliphatic heterocycles. The van der Waals surface area contributed by atoms with Crippen LogP contribution in [0.4, 0.5) is 8.78 Å². The maximum absolute atomic E-state index is 13.1. The third-order valence-corrected chi connectivity index (χ3v) is 3.29. The number of carboxylic acid groups (broad SMARTS) is 1. The van der Waals surface area contributed by atoms with Crippen molar-refractivity contribution in [1.82, 2.24) is 4.72 Å². The van der Waals surface area contributed by atoms with Gasteiger partial charge in [-0.3, -0.25) is 4.79 Å². The molecule has 1 rings (SSSR count). The number of hydrogen-bond acceptors (Lipinski definition) is 3. The Labute approximate surface area is 96.1 Å². The van der Waals surface area contributed by atoms with Gasteiger partial charge in [0, 0.05) is 6.54 Å². The number of hydrogen-bond donors (Lipinski definition) is 2. The largest absolute Gasteiger partial charge is 0.481 e. The molecule has 94 valence electrons. The molecule has 2 N–H and O–H groups in total. The van der Waals surface area contributed by atoms with Crippen molar-refractivity contribution in [2.45, 2.75) is 11.3 Å². The maximum atomic E-state index is 13.1. The van der Waals surface area contributed by atoms with Crippen molar-refractivity contribution in [2.75, 3.05) is 6.54 Å². The second kappa shape index (κ2) is 5.19. The monoisotopic (exact) mass is 265 g/mol. The molecular weight excluding hydrogens is 256 g/mol. The van der Waals surface area contributed by atoms with E-state index in [9.17, 15) is 22.0 Å². The first kappa shape index (κ1) is 13.5. The smallest absolute Gasteiger partial charge is 0.304 e. The lowest BCUT2D eigenvalue weighted by Crippen LogP contribution is -2.27. The third kappa shape index (κ3) is 3.75. The van der Waals surface area contributed by atoms with Gasteiger partial charge in [-0.05, 0) is 18.2 Å². The summed E-state index contributed by atoms with van der Waals surface area (Å²) in [6.45, 7) is -0.395. The molecule has 1 aromatic rings. The standard InChI is InChI=1S/C9H9F2NO4S/c10-6-1-2-7(11)8(5-6)17(15,16)12-4-3-9(13)14/h1-2,5,12H,3-4H2,(H,13,14). The Morgan fingerprint density at radius 2 is 2.00 bits per heavy atom. The van der Waals surface area contributed by atoms with Gasteiger partial charge in [0.05, 0.1) is 6.42 Å². The second-order valence-corrected chi connectivity index (χ2v) is 4.85. The molecule has 0 radical (unpaired) electrons.